The molecule has 4 nitrogen and oxygen atoms in total. The molecular weight excluding hydrogens is 266 g/mol. The summed E-state index contributed by atoms with van der Waals surface area (Å²) in [5.41, 5.74) is 0.190. The van der Waals surface area contributed by atoms with E-state index in [0.29, 0.717) is 18.8 Å². The normalized spacial score (nSPS) is 19.8. The number of aliphatic hydroxyl groups is 1. The molecule has 4 heteroatoms. The first-order valence-electron chi connectivity index (χ1n) is 7.62. The van der Waals surface area contributed by atoms with E-state index in [9.17, 15) is 9.90 Å². The number of ether oxygens (including phenoxy) is 1. The van der Waals surface area contributed by atoms with Crippen molar-refractivity contribution in [2.75, 3.05) is 6.54 Å². The second kappa shape index (κ2) is 6.48. The van der Waals surface area contributed by atoms with E-state index < -0.39 is 11.7 Å². The number of benzene rings is 1. The first kappa shape index (κ1) is 15.8. The minimum Gasteiger partial charge on any atom is -0.480 e. The fourth-order valence-corrected chi connectivity index (χ4v) is 2.41. The Morgan fingerprint density at radius 3 is 2.86 bits per heavy atom. The van der Waals surface area contributed by atoms with Crippen LogP contribution in [-0.2, 0) is 11.2 Å². The van der Waals surface area contributed by atoms with Crippen molar-refractivity contribution < 1.29 is 14.6 Å². The second-order valence-electron chi connectivity index (χ2n) is 6.57. The van der Waals surface area contributed by atoms with Crippen LogP contribution in [0, 0.1) is 5.92 Å². The molecule has 116 valence electrons. The van der Waals surface area contributed by atoms with Gasteiger partial charge in [-0.3, -0.25) is 4.79 Å². The highest BCUT2D eigenvalue weighted by Crippen LogP contribution is 2.28. The number of nitrogens with one attached hydrogen (secondary N) is 1. The molecule has 0 bridgehead atoms. The zero-order valence-electron chi connectivity index (χ0n) is 13.1. The Balaban J connectivity index is 1.81. The molecule has 2 rings (SSSR count). The van der Waals surface area contributed by atoms with Gasteiger partial charge in [-0.05, 0) is 37.3 Å². The van der Waals surface area contributed by atoms with Crippen LogP contribution in [0.5, 0.6) is 5.75 Å². The van der Waals surface area contributed by atoms with E-state index in [4.69, 9.17) is 4.74 Å². The zero-order chi connectivity index (χ0) is 15.5. The maximum absolute atomic E-state index is 12.2. The first-order chi connectivity index (χ1) is 9.87. The van der Waals surface area contributed by atoms with Gasteiger partial charge < -0.3 is 15.2 Å². The van der Waals surface area contributed by atoms with Crippen LogP contribution in [0.3, 0.4) is 0 Å². The van der Waals surface area contributed by atoms with Gasteiger partial charge in [0, 0.05) is 13.0 Å². The SMILES string of the molecule is CC(C)CCC(C)(O)CNC(=O)C1Cc2ccccc2O1. The van der Waals surface area contributed by atoms with Crippen molar-refractivity contribution >= 4 is 5.91 Å². The Labute approximate surface area is 126 Å². The smallest absolute Gasteiger partial charge is 0.261 e. The fraction of sp³-hybridized carbons (Fsp3) is 0.588. The Kier molecular flexibility index (Phi) is 4.88. The average Bonchev–Trinajstić information content (AvgIpc) is 2.87. The van der Waals surface area contributed by atoms with E-state index in [1.807, 2.05) is 24.3 Å². The van der Waals surface area contributed by atoms with Gasteiger partial charge >= 0.3 is 0 Å². The third kappa shape index (κ3) is 4.46. The molecule has 2 N–H and O–H groups in total. The largest absolute Gasteiger partial charge is 0.480 e. The average molecular weight is 291 g/mol. The predicted molar refractivity (Wildman–Crippen MR) is 82.3 cm³/mol. The van der Waals surface area contributed by atoms with E-state index in [0.717, 1.165) is 17.7 Å². The van der Waals surface area contributed by atoms with E-state index in [-0.39, 0.29) is 12.5 Å². The van der Waals surface area contributed by atoms with Crippen LogP contribution in [-0.4, -0.2) is 29.3 Å². The molecule has 0 aromatic heterocycles. The topological polar surface area (TPSA) is 58.6 Å². The molecule has 0 radical (unpaired) electrons. The Morgan fingerprint density at radius 1 is 1.48 bits per heavy atom. The van der Waals surface area contributed by atoms with Crippen molar-refractivity contribution in [3.8, 4) is 5.75 Å². The van der Waals surface area contributed by atoms with E-state index in [1.165, 1.54) is 0 Å². The Bertz CT molecular complexity index is 472. The summed E-state index contributed by atoms with van der Waals surface area (Å²) in [7, 11) is 0. The summed E-state index contributed by atoms with van der Waals surface area (Å²) in [5.74, 6) is 1.17. The molecule has 0 spiro atoms. The lowest BCUT2D eigenvalue weighted by Gasteiger charge is -2.25. The van der Waals surface area contributed by atoms with Crippen molar-refractivity contribution in [2.24, 2.45) is 5.92 Å². The fourth-order valence-electron chi connectivity index (χ4n) is 2.41. The van der Waals surface area contributed by atoms with E-state index >= 15 is 0 Å². The molecule has 0 aliphatic carbocycles. The lowest BCUT2D eigenvalue weighted by Crippen LogP contribution is -2.45. The van der Waals surface area contributed by atoms with Crippen LogP contribution in [0.25, 0.3) is 0 Å². The summed E-state index contributed by atoms with van der Waals surface area (Å²) < 4.78 is 5.64. The summed E-state index contributed by atoms with van der Waals surface area (Å²) in [5, 5.41) is 13.1. The van der Waals surface area contributed by atoms with Crippen LogP contribution in [0.15, 0.2) is 24.3 Å². The Morgan fingerprint density at radius 2 is 2.19 bits per heavy atom. The molecule has 21 heavy (non-hydrogen) atoms. The van der Waals surface area contributed by atoms with Gasteiger partial charge in [0.05, 0.1) is 5.60 Å². The van der Waals surface area contributed by atoms with Crippen molar-refractivity contribution in [3.05, 3.63) is 29.8 Å². The van der Waals surface area contributed by atoms with Gasteiger partial charge in [0.25, 0.3) is 5.91 Å². The van der Waals surface area contributed by atoms with Gasteiger partial charge in [0.15, 0.2) is 6.10 Å². The molecule has 1 aromatic carbocycles. The highest BCUT2D eigenvalue weighted by molar-refractivity contribution is 5.82. The van der Waals surface area contributed by atoms with E-state index in [2.05, 4.69) is 19.2 Å². The van der Waals surface area contributed by atoms with Gasteiger partial charge in [0.1, 0.15) is 5.75 Å². The maximum Gasteiger partial charge on any atom is 0.261 e. The second-order valence-corrected chi connectivity index (χ2v) is 6.57. The summed E-state index contributed by atoms with van der Waals surface area (Å²) in [6.07, 6.45) is 1.73. The molecule has 1 aromatic rings. The van der Waals surface area contributed by atoms with Gasteiger partial charge in [-0.2, -0.15) is 0 Å². The van der Waals surface area contributed by atoms with Crippen LogP contribution in [0.1, 0.15) is 39.2 Å². The zero-order valence-corrected chi connectivity index (χ0v) is 13.1. The predicted octanol–water partition coefficient (Wildman–Crippen LogP) is 2.29. The maximum atomic E-state index is 12.2. The van der Waals surface area contributed by atoms with Gasteiger partial charge in [0.2, 0.25) is 0 Å². The third-order valence-electron chi connectivity index (χ3n) is 3.84. The van der Waals surface area contributed by atoms with Crippen molar-refractivity contribution in [3.63, 3.8) is 0 Å². The molecule has 0 fully saturated rings. The van der Waals surface area contributed by atoms with E-state index in [1.54, 1.807) is 6.92 Å². The number of amides is 1. The first-order valence-corrected chi connectivity index (χ1v) is 7.62. The van der Waals surface area contributed by atoms with Crippen LogP contribution < -0.4 is 10.1 Å². The number of fused-ring (bicyclic) bond motifs is 1. The number of hydrogen-bond acceptors (Lipinski definition) is 3. The van der Waals surface area contributed by atoms with Gasteiger partial charge in [-0.15, -0.1) is 0 Å². The summed E-state index contributed by atoms with van der Waals surface area (Å²) in [6.45, 7) is 6.27. The number of para-hydroxylation sites is 1. The quantitative estimate of drug-likeness (QED) is 0.845. The van der Waals surface area contributed by atoms with Crippen molar-refractivity contribution in [1.29, 1.82) is 0 Å². The molecule has 0 saturated carbocycles. The molecule has 2 unspecified atom stereocenters. The van der Waals surface area contributed by atoms with Crippen molar-refractivity contribution in [2.45, 2.75) is 51.7 Å². The number of carbonyl (C=O) groups is 1. The summed E-state index contributed by atoms with van der Waals surface area (Å²) in [4.78, 5) is 12.2. The molecule has 1 amide bonds. The minimum atomic E-state index is -0.870. The minimum absolute atomic E-state index is 0.156. The highest BCUT2D eigenvalue weighted by atomic mass is 16.5. The number of hydrogen-bond donors (Lipinski definition) is 2. The Hall–Kier alpha value is -1.55. The summed E-state index contributed by atoms with van der Waals surface area (Å²) >= 11 is 0. The van der Waals surface area contributed by atoms with Crippen LogP contribution >= 0.6 is 0 Å². The lowest BCUT2D eigenvalue weighted by molar-refractivity contribution is -0.128. The third-order valence-corrected chi connectivity index (χ3v) is 3.84. The van der Waals surface area contributed by atoms with Crippen LogP contribution in [0.2, 0.25) is 0 Å². The van der Waals surface area contributed by atoms with Crippen molar-refractivity contribution in [1.82, 2.24) is 5.32 Å². The lowest BCUT2D eigenvalue weighted by atomic mass is 9.95. The number of rotatable bonds is 6. The molecule has 1 aliphatic heterocycles. The van der Waals surface area contributed by atoms with Crippen LogP contribution in [0.4, 0.5) is 0 Å². The van der Waals surface area contributed by atoms with Gasteiger partial charge in [-0.25, -0.2) is 0 Å². The monoisotopic (exact) mass is 291 g/mol. The molecular formula is C17H25NO3. The standard InChI is InChI=1S/C17H25NO3/c1-12(2)8-9-17(3,20)11-18-16(19)15-10-13-6-4-5-7-14(13)21-15/h4-7,12,15,20H,8-11H2,1-3H3,(H,18,19). The molecule has 1 heterocycles. The summed E-state index contributed by atoms with van der Waals surface area (Å²) in [6, 6.07) is 7.69. The molecule has 0 saturated heterocycles. The highest BCUT2D eigenvalue weighted by Gasteiger charge is 2.30. The molecule has 1 aliphatic rings. The van der Waals surface area contributed by atoms with Gasteiger partial charge in [-0.1, -0.05) is 32.0 Å². The number of carbonyl (C=O) groups excluding carboxylic acids is 1. The molecule has 2 atom stereocenters.